The van der Waals surface area contributed by atoms with E-state index in [1.54, 1.807) is 18.3 Å². The summed E-state index contributed by atoms with van der Waals surface area (Å²) >= 11 is 6.16. The molecule has 8 heteroatoms. The molecule has 0 aliphatic carbocycles. The minimum atomic E-state index is 0.0654. The summed E-state index contributed by atoms with van der Waals surface area (Å²) in [5.74, 6) is 0.337. The maximum atomic E-state index is 6.16. The number of hydrogen-bond acceptors (Lipinski definition) is 7. The van der Waals surface area contributed by atoms with E-state index in [9.17, 15) is 0 Å². The Balaban J connectivity index is 2.06. The summed E-state index contributed by atoms with van der Waals surface area (Å²) in [6.07, 6.45) is 1.69. The Morgan fingerprint density at radius 3 is 2.86 bits per heavy atom. The molecule has 3 rings (SSSR count). The van der Waals surface area contributed by atoms with Crippen molar-refractivity contribution >= 4 is 40.1 Å². The third-order valence-electron chi connectivity index (χ3n) is 2.78. The number of nitrogens with two attached hydrogens (primary N) is 1. The van der Waals surface area contributed by atoms with Crippen molar-refractivity contribution in [2.75, 3.05) is 18.2 Å². The lowest BCUT2D eigenvalue weighted by molar-refractivity contribution is 0.380. The fraction of sp³-hybridized carbons (Fsp3) is 0.0769. The van der Waals surface area contributed by atoms with E-state index in [4.69, 9.17) is 22.1 Å². The van der Waals surface area contributed by atoms with Crippen molar-refractivity contribution in [3.05, 3.63) is 35.5 Å². The minimum absolute atomic E-state index is 0.0654. The van der Waals surface area contributed by atoms with Crippen molar-refractivity contribution in [1.29, 1.82) is 0 Å². The second-order valence-electron chi connectivity index (χ2n) is 4.12. The summed E-state index contributed by atoms with van der Waals surface area (Å²) in [5, 5.41) is 4.50. The lowest BCUT2D eigenvalue weighted by Gasteiger charge is -2.09. The SMILES string of the molecule is COc1nc(N)nc(Nc2ccc(Cl)c3cccnc23)n1. The van der Waals surface area contributed by atoms with E-state index >= 15 is 0 Å². The van der Waals surface area contributed by atoms with Gasteiger partial charge in [-0.1, -0.05) is 11.6 Å². The number of hydrogen-bond donors (Lipinski definition) is 2. The number of halogens is 1. The Bertz CT molecular complexity index is 810. The van der Waals surface area contributed by atoms with Crippen LogP contribution in [0.5, 0.6) is 6.01 Å². The standard InChI is InChI=1S/C13H11ClN6O/c1-21-13-19-11(15)18-12(20-13)17-9-5-4-8(14)7-3-2-6-16-10(7)9/h2-6H,1H3,(H3,15,17,18,19,20). The third kappa shape index (κ3) is 2.63. The van der Waals surface area contributed by atoms with Crippen molar-refractivity contribution in [2.24, 2.45) is 0 Å². The van der Waals surface area contributed by atoms with Gasteiger partial charge in [-0.3, -0.25) is 4.98 Å². The van der Waals surface area contributed by atoms with Crippen LogP contribution in [-0.2, 0) is 0 Å². The molecule has 0 aliphatic heterocycles. The second-order valence-corrected chi connectivity index (χ2v) is 4.53. The summed E-state index contributed by atoms with van der Waals surface area (Å²) < 4.78 is 4.96. The molecule has 0 saturated heterocycles. The molecule has 3 N–H and O–H groups in total. The molecule has 21 heavy (non-hydrogen) atoms. The number of rotatable bonds is 3. The molecular weight excluding hydrogens is 292 g/mol. The first-order valence-corrected chi connectivity index (χ1v) is 6.41. The predicted molar refractivity (Wildman–Crippen MR) is 80.8 cm³/mol. The molecular formula is C13H11ClN6O. The van der Waals surface area contributed by atoms with Crippen LogP contribution in [0, 0.1) is 0 Å². The van der Waals surface area contributed by atoms with Crippen LogP contribution >= 0.6 is 11.6 Å². The van der Waals surface area contributed by atoms with Crippen LogP contribution in [0.15, 0.2) is 30.5 Å². The van der Waals surface area contributed by atoms with Gasteiger partial charge in [0.15, 0.2) is 0 Å². The Labute approximate surface area is 125 Å². The van der Waals surface area contributed by atoms with Crippen molar-refractivity contribution in [3.63, 3.8) is 0 Å². The molecule has 0 amide bonds. The monoisotopic (exact) mass is 302 g/mol. The highest BCUT2D eigenvalue weighted by molar-refractivity contribution is 6.35. The average molecular weight is 303 g/mol. The van der Waals surface area contributed by atoms with Crippen molar-refractivity contribution in [3.8, 4) is 6.01 Å². The van der Waals surface area contributed by atoms with Gasteiger partial charge in [0.1, 0.15) is 0 Å². The lowest BCUT2D eigenvalue weighted by Crippen LogP contribution is -2.05. The van der Waals surface area contributed by atoms with Gasteiger partial charge in [0.05, 0.1) is 23.3 Å². The van der Waals surface area contributed by atoms with E-state index in [-0.39, 0.29) is 17.9 Å². The number of nitrogen functional groups attached to an aromatic ring is 1. The number of ether oxygens (including phenoxy) is 1. The number of pyridine rings is 1. The van der Waals surface area contributed by atoms with Crippen LogP contribution in [-0.4, -0.2) is 27.0 Å². The number of methoxy groups -OCH3 is 1. The summed E-state index contributed by atoms with van der Waals surface area (Å²) in [7, 11) is 1.46. The average Bonchev–Trinajstić information content (AvgIpc) is 2.50. The van der Waals surface area contributed by atoms with Crippen molar-refractivity contribution in [1.82, 2.24) is 19.9 Å². The molecule has 0 saturated carbocycles. The highest BCUT2D eigenvalue weighted by Crippen LogP contribution is 2.29. The summed E-state index contributed by atoms with van der Waals surface area (Å²) in [6, 6.07) is 7.41. The van der Waals surface area contributed by atoms with E-state index in [0.29, 0.717) is 16.2 Å². The van der Waals surface area contributed by atoms with Crippen molar-refractivity contribution < 1.29 is 4.74 Å². The minimum Gasteiger partial charge on any atom is -0.467 e. The zero-order valence-electron chi connectivity index (χ0n) is 11.0. The van der Waals surface area contributed by atoms with Crippen LogP contribution < -0.4 is 15.8 Å². The van der Waals surface area contributed by atoms with Crippen LogP contribution in [0.2, 0.25) is 5.02 Å². The van der Waals surface area contributed by atoms with Gasteiger partial charge in [-0.15, -0.1) is 0 Å². The maximum Gasteiger partial charge on any atom is 0.322 e. The first kappa shape index (κ1) is 13.3. The van der Waals surface area contributed by atoms with Crippen LogP contribution in [0.25, 0.3) is 10.9 Å². The molecule has 0 bridgehead atoms. The second kappa shape index (κ2) is 5.37. The fourth-order valence-electron chi connectivity index (χ4n) is 1.88. The van der Waals surface area contributed by atoms with E-state index in [2.05, 4.69) is 25.3 Å². The molecule has 0 unspecified atom stereocenters. The number of aromatic nitrogens is 4. The molecule has 2 aromatic heterocycles. The van der Waals surface area contributed by atoms with Gasteiger partial charge in [-0.05, 0) is 24.3 Å². The van der Waals surface area contributed by atoms with Gasteiger partial charge in [0.2, 0.25) is 11.9 Å². The quantitative estimate of drug-likeness (QED) is 0.766. The molecule has 7 nitrogen and oxygen atoms in total. The Morgan fingerprint density at radius 1 is 1.19 bits per heavy atom. The molecule has 2 heterocycles. The largest absolute Gasteiger partial charge is 0.467 e. The van der Waals surface area contributed by atoms with Crippen LogP contribution in [0.3, 0.4) is 0 Å². The highest BCUT2D eigenvalue weighted by Gasteiger charge is 2.09. The number of nitrogens with one attached hydrogen (secondary N) is 1. The van der Waals surface area contributed by atoms with Gasteiger partial charge < -0.3 is 15.8 Å². The van der Waals surface area contributed by atoms with E-state index in [1.807, 2.05) is 12.1 Å². The zero-order valence-corrected chi connectivity index (χ0v) is 11.8. The summed E-state index contributed by atoms with van der Waals surface area (Å²) in [6.45, 7) is 0. The molecule has 1 aromatic carbocycles. The van der Waals surface area contributed by atoms with Gasteiger partial charge in [-0.2, -0.15) is 15.0 Å². The molecule has 0 fully saturated rings. The van der Waals surface area contributed by atoms with Crippen LogP contribution in [0.1, 0.15) is 0 Å². The molecule has 0 atom stereocenters. The molecule has 3 aromatic rings. The number of benzene rings is 1. The molecule has 0 spiro atoms. The number of anilines is 3. The fourth-order valence-corrected chi connectivity index (χ4v) is 2.09. The predicted octanol–water partition coefficient (Wildman–Crippen LogP) is 2.41. The molecule has 0 aliphatic rings. The van der Waals surface area contributed by atoms with Gasteiger partial charge >= 0.3 is 6.01 Å². The first-order chi connectivity index (χ1) is 10.2. The number of nitrogens with zero attached hydrogens (tertiary/aromatic N) is 4. The Kier molecular flexibility index (Phi) is 3.41. The smallest absolute Gasteiger partial charge is 0.322 e. The van der Waals surface area contributed by atoms with Crippen LogP contribution in [0.4, 0.5) is 17.6 Å². The van der Waals surface area contributed by atoms with E-state index in [0.717, 1.165) is 5.39 Å². The molecule has 0 radical (unpaired) electrons. The topological polar surface area (TPSA) is 98.8 Å². The maximum absolute atomic E-state index is 6.16. The first-order valence-electron chi connectivity index (χ1n) is 6.03. The number of fused-ring (bicyclic) bond motifs is 1. The van der Waals surface area contributed by atoms with Gasteiger partial charge in [0.25, 0.3) is 0 Å². The summed E-state index contributed by atoms with van der Waals surface area (Å²) in [5.41, 5.74) is 7.03. The van der Waals surface area contributed by atoms with Crippen molar-refractivity contribution in [2.45, 2.75) is 0 Å². The third-order valence-corrected chi connectivity index (χ3v) is 3.11. The Hall–Kier alpha value is -2.67. The zero-order chi connectivity index (χ0) is 14.8. The Morgan fingerprint density at radius 2 is 2.05 bits per heavy atom. The lowest BCUT2D eigenvalue weighted by atomic mass is 10.2. The van der Waals surface area contributed by atoms with Gasteiger partial charge in [0, 0.05) is 11.6 Å². The van der Waals surface area contributed by atoms with E-state index in [1.165, 1.54) is 7.11 Å². The highest BCUT2D eigenvalue weighted by atomic mass is 35.5. The summed E-state index contributed by atoms with van der Waals surface area (Å²) in [4.78, 5) is 16.2. The molecule has 106 valence electrons. The van der Waals surface area contributed by atoms with E-state index < -0.39 is 0 Å². The normalized spacial score (nSPS) is 10.6. The van der Waals surface area contributed by atoms with Gasteiger partial charge in [-0.25, -0.2) is 0 Å².